The predicted molar refractivity (Wildman–Crippen MR) is 129 cm³/mol. The number of β-lactam (4-membered cyclic amide) rings is 1. The number of para-hydroxylation sites is 1. The Labute approximate surface area is 190 Å². The van der Waals surface area contributed by atoms with Crippen molar-refractivity contribution >= 4 is 45.2 Å². The minimum atomic E-state index is -1.09. The van der Waals surface area contributed by atoms with Gasteiger partial charge in [-0.15, -0.1) is 0 Å². The molecule has 4 rings (SSSR count). The second kappa shape index (κ2) is 8.52. The Morgan fingerprint density at radius 1 is 1.00 bits per heavy atom. The van der Waals surface area contributed by atoms with Crippen LogP contribution in [-0.4, -0.2) is 17.4 Å². The zero-order chi connectivity index (χ0) is 22.0. The fraction of sp³-hybridized carbons (Fsp3) is 0.154. The SMILES string of the molecule is C/C(=C\c1ccccc1)[C@]1(C(=O)Nc2ccccc2C)CC(=O)N1c1ccc(Br)cc1. The number of nitrogens with zero attached hydrogens (tertiary/aromatic N) is 1. The molecule has 0 radical (unpaired) electrons. The Balaban J connectivity index is 1.79. The Kier molecular flexibility index (Phi) is 5.79. The van der Waals surface area contributed by atoms with Crippen molar-refractivity contribution in [2.45, 2.75) is 25.8 Å². The molecule has 1 aliphatic rings. The molecular formula is C26H23BrN2O2. The second-order valence-corrected chi connectivity index (χ2v) is 8.67. The van der Waals surface area contributed by atoms with Gasteiger partial charge in [-0.05, 0) is 60.9 Å². The van der Waals surface area contributed by atoms with E-state index in [1.807, 2.05) is 98.8 Å². The summed E-state index contributed by atoms with van der Waals surface area (Å²) in [5.41, 5.74) is 3.11. The maximum atomic E-state index is 13.7. The molecule has 156 valence electrons. The first-order valence-electron chi connectivity index (χ1n) is 10.1. The van der Waals surface area contributed by atoms with Gasteiger partial charge in [-0.2, -0.15) is 0 Å². The minimum absolute atomic E-state index is 0.0805. The van der Waals surface area contributed by atoms with E-state index >= 15 is 0 Å². The molecule has 5 heteroatoms. The van der Waals surface area contributed by atoms with Crippen LogP contribution in [0.3, 0.4) is 0 Å². The number of amides is 2. The normalized spacial score (nSPS) is 18.5. The van der Waals surface area contributed by atoms with Crippen LogP contribution >= 0.6 is 15.9 Å². The van der Waals surface area contributed by atoms with Crippen LogP contribution < -0.4 is 10.2 Å². The van der Waals surface area contributed by atoms with E-state index in [2.05, 4.69) is 21.2 Å². The van der Waals surface area contributed by atoms with Gasteiger partial charge < -0.3 is 5.32 Å². The van der Waals surface area contributed by atoms with Gasteiger partial charge in [-0.1, -0.05) is 70.5 Å². The molecule has 1 N–H and O–H groups in total. The van der Waals surface area contributed by atoms with E-state index in [0.717, 1.165) is 26.9 Å². The fourth-order valence-corrected chi connectivity index (χ4v) is 4.25. The Morgan fingerprint density at radius 2 is 1.65 bits per heavy atom. The smallest absolute Gasteiger partial charge is 0.255 e. The van der Waals surface area contributed by atoms with Crippen LogP contribution in [0.15, 0.2) is 88.9 Å². The molecule has 1 atom stereocenters. The number of hydrogen-bond acceptors (Lipinski definition) is 2. The third-order valence-corrected chi connectivity index (χ3v) is 6.26. The number of halogens is 1. The summed E-state index contributed by atoms with van der Waals surface area (Å²) < 4.78 is 0.913. The number of nitrogens with one attached hydrogen (secondary N) is 1. The third kappa shape index (κ3) is 3.93. The molecule has 2 amide bonds. The van der Waals surface area contributed by atoms with Crippen LogP contribution in [0, 0.1) is 6.92 Å². The summed E-state index contributed by atoms with van der Waals surface area (Å²) in [6, 6.07) is 24.9. The third-order valence-electron chi connectivity index (χ3n) is 5.73. The van der Waals surface area contributed by atoms with E-state index < -0.39 is 5.54 Å². The molecule has 3 aromatic rings. The van der Waals surface area contributed by atoms with Crippen LogP contribution in [-0.2, 0) is 9.59 Å². The number of carbonyl (C=O) groups is 2. The van der Waals surface area contributed by atoms with Gasteiger partial charge in [0.15, 0.2) is 5.54 Å². The van der Waals surface area contributed by atoms with Crippen molar-refractivity contribution in [2.24, 2.45) is 0 Å². The maximum absolute atomic E-state index is 13.7. The average Bonchev–Trinajstić information content (AvgIpc) is 2.75. The predicted octanol–water partition coefficient (Wildman–Crippen LogP) is 5.98. The zero-order valence-electron chi connectivity index (χ0n) is 17.4. The van der Waals surface area contributed by atoms with Gasteiger partial charge in [0.1, 0.15) is 0 Å². The highest BCUT2D eigenvalue weighted by Crippen LogP contribution is 2.44. The largest absolute Gasteiger partial charge is 0.323 e. The highest BCUT2D eigenvalue weighted by atomic mass is 79.9. The molecule has 0 unspecified atom stereocenters. The first kappa shape index (κ1) is 21.1. The Hall–Kier alpha value is -3.18. The summed E-state index contributed by atoms with van der Waals surface area (Å²) in [5, 5.41) is 3.07. The van der Waals surface area contributed by atoms with Gasteiger partial charge in [0.2, 0.25) is 5.91 Å². The molecule has 4 nitrogen and oxygen atoms in total. The van der Waals surface area contributed by atoms with Crippen molar-refractivity contribution in [3.8, 4) is 0 Å². The van der Waals surface area contributed by atoms with Crippen LogP contribution in [0.1, 0.15) is 24.5 Å². The van der Waals surface area contributed by atoms with Gasteiger partial charge in [0.05, 0.1) is 6.42 Å². The topological polar surface area (TPSA) is 49.4 Å². The summed E-state index contributed by atoms with van der Waals surface area (Å²) in [4.78, 5) is 28.2. The summed E-state index contributed by atoms with van der Waals surface area (Å²) in [6.07, 6.45) is 2.10. The van der Waals surface area contributed by atoms with Crippen molar-refractivity contribution in [1.82, 2.24) is 0 Å². The number of hydrogen-bond donors (Lipinski definition) is 1. The Bertz CT molecular complexity index is 1160. The minimum Gasteiger partial charge on any atom is -0.323 e. The van der Waals surface area contributed by atoms with E-state index in [9.17, 15) is 9.59 Å². The first-order chi connectivity index (χ1) is 14.9. The molecule has 0 aromatic heterocycles. The fourth-order valence-electron chi connectivity index (χ4n) is 3.99. The van der Waals surface area contributed by atoms with Crippen LogP contribution in [0.5, 0.6) is 0 Å². The lowest BCUT2D eigenvalue weighted by Gasteiger charge is -2.51. The number of carbonyl (C=O) groups excluding carboxylic acids is 2. The van der Waals surface area contributed by atoms with Crippen molar-refractivity contribution in [1.29, 1.82) is 0 Å². The van der Waals surface area contributed by atoms with E-state index in [1.165, 1.54) is 0 Å². The van der Waals surface area contributed by atoms with Gasteiger partial charge >= 0.3 is 0 Å². The lowest BCUT2D eigenvalue weighted by atomic mass is 9.75. The number of rotatable bonds is 5. The molecule has 0 bridgehead atoms. The van der Waals surface area contributed by atoms with E-state index in [0.29, 0.717) is 5.69 Å². The standard InChI is InChI=1S/C26H23BrN2O2/c1-18-8-6-7-11-23(18)28-25(31)26(19(2)16-20-9-4-3-5-10-20)17-24(30)29(26)22-14-12-21(27)13-15-22/h3-16H,17H2,1-2H3,(H,28,31)/b19-16+/t26-/m0/s1. The van der Waals surface area contributed by atoms with E-state index in [-0.39, 0.29) is 18.2 Å². The van der Waals surface area contributed by atoms with Crippen molar-refractivity contribution in [3.63, 3.8) is 0 Å². The van der Waals surface area contributed by atoms with Gasteiger partial charge in [0, 0.05) is 15.8 Å². The highest BCUT2D eigenvalue weighted by molar-refractivity contribution is 9.10. The summed E-state index contributed by atoms with van der Waals surface area (Å²) in [5.74, 6) is -0.294. The van der Waals surface area contributed by atoms with Crippen LogP contribution in [0.4, 0.5) is 11.4 Å². The van der Waals surface area contributed by atoms with Gasteiger partial charge in [-0.25, -0.2) is 0 Å². The molecule has 1 fully saturated rings. The van der Waals surface area contributed by atoms with Gasteiger partial charge in [-0.3, -0.25) is 14.5 Å². The van der Waals surface area contributed by atoms with E-state index in [1.54, 1.807) is 4.90 Å². The van der Waals surface area contributed by atoms with Crippen molar-refractivity contribution in [2.75, 3.05) is 10.2 Å². The van der Waals surface area contributed by atoms with Crippen LogP contribution in [0.2, 0.25) is 0 Å². The first-order valence-corrected chi connectivity index (χ1v) is 10.9. The quantitative estimate of drug-likeness (QED) is 0.462. The number of anilines is 2. The summed E-state index contributed by atoms with van der Waals surface area (Å²) in [6.45, 7) is 3.87. The number of benzene rings is 3. The molecule has 31 heavy (non-hydrogen) atoms. The second-order valence-electron chi connectivity index (χ2n) is 7.75. The maximum Gasteiger partial charge on any atom is 0.255 e. The lowest BCUT2D eigenvalue weighted by molar-refractivity contribution is -0.135. The zero-order valence-corrected chi connectivity index (χ0v) is 19.0. The average molecular weight is 475 g/mol. The van der Waals surface area contributed by atoms with Crippen molar-refractivity contribution in [3.05, 3.63) is 100 Å². The van der Waals surface area contributed by atoms with Crippen LogP contribution in [0.25, 0.3) is 6.08 Å². The molecule has 3 aromatic carbocycles. The molecular weight excluding hydrogens is 452 g/mol. The summed E-state index contributed by atoms with van der Waals surface area (Å²) >= 11 is 3.44. The van der Waals surface area contributed by atoms with Gasteiger partial charge in [0.25, 0.3) is 5.91 Å². The van der Waals surface area contributed by atoms with E-state index in [4.69, 9.17) is 0 Å². The summed E-state index contributed by atoms with van der Waals surface area (Å²) in [7, 11) is 0. The Morgan fingerprint density at radius 3 is 2.29 bits per heavy atom. The molecule has 1 aliphatic heterocycles. The monoisotopic (exact) mass is 474 g/mol. The molecule has 1 heterocycles. The highest BCUT2D eigenvalue weighted by Gasteiger charge is 2.58. The lowest BCUT2D eigenvalue weighted by Crippen LogP contribution is -2.70. The number of aryl methyl sites for hydroxylation is 1. The molecule has 0 saturated carbocycles. The molecule has 0 aliphatic carbocycles. The molecule has 1 saturated heterocycles. The molecule has 0 spiro atoms. The van der Waals surface area contributed by atoms with Crippen molar-refractivity contribution < 1.29 is 9.59 Å².